The number of benzene rings is 1. The van der Waals surface area contributed by atoms with E-state index in [-0.39, 0.29) is 5.78 Å². The van der Waals surface area contributed by atoms with Gasteiger partial charge in [-0.15, -0.1) is 22.7 Å². The van der Waals surface area contributed by atoms with Crippen molar-refractivity contribution in [2.45, 2.75) is 18.8 Å². The van der Waals surface area contributed by atoms with Crippen LogP contribution in [0.5, 0.6) is 0 Å². The van der Waals surface area contributed by atoms with Gasteiger partial charge in [-0.1, -0.05) is 11.6 Å². The van der Waals surface area contributed by atoms with Gasteiger partial charge in [0.25, 0.3) is 0 Å². The highest BCUT2D eigenvalue weighted by molar-refractivity contribution is 7.18. The lowest BCUT2D eigenvalue weighted by Gasteiger charge is -2.03. The number of aromatic nitrogens is 2. The smallest absolute Gasteiger partial charge is 0.157 e. The van der Waals surface area contributed by atoms with Crippen LogP contribution in [0, 0.1) is 11.3 Å². The van der Waals surface area contributed by atoms with E-state index in [1.807, 2.05) is 11.4 Å². The van der Waals surface area contributed by atoms with E-state index < -0.39 is 5.92 Å². The maximum absolute atomic E-state index is 12.3. The van der Waals surface area contributed by atoms with Gasteiger partial charge in [0.15, 0.2) is 11.7 Å². The van der Waals surface area contributed by atoms with Gasteiger partial charge >= 0.3 is 0 Å². The first-order valence-electron chi connectivity index (χ1n) is 6.53. The van der Waals surface area contributed by atoms with Crippen LogP contribution < -0.4 is 0 Å². The topological polar surface area (TPSA) is 66.6 Å². The summed E-state index contributed by atoms with van der Waals surface area (Å²) >= 11 is 8.80. The maximum Gasteiger partial charge on any atom is 0.157 e. The molecule has 3 rings (SSSR count). The molecule has 0 N–H and O–H groups in total. The standard InChI is InChI=1S/C15H10ClN3OS2/c16-9-1-4-14-12(5-9)19-15(22-14)11(6-17)13(20)3-2-10-7-21-8-18-10/h1,4-5,7-8,11H,2-3H2. The number of thiazole rings is 2. The van der Waals surface area contributed by atoms with Crippen LogP contribution in [0.1, 0.15) is 23.0 Å². The average molecular weight is 348 g/mol. The Morgan fingerprint density at radius 2 is 2.32 bits per heavy atom. The first-order chi connectivity index (χ1) is 10.7. The van der Waals surface area contributed by atoms with Crippen molar-refractivity contribution in [1.82, 2.24) is 9.97 Å². The van der Waals surface area contributed by atoms with Gasteiger partial charge in [-0.3, -0.25) is 4.79 Å². The number of carbonyl (C=O) groups is 1. The van der Waals surface area contributed by atoms with Crippen molar-refractivity contribution in [2.75, 3.05) is 0 Å². The number of carbonyl (C=O) groups excluding carboxylic acids is 1. The summed E-state index contributed by atoms with van der Waals surface area (Å²) in [5.74, 6) is -0.949. The zero-order chi connectivity index (χ0) is 15.5. The van der Waals surface area contributed by atoms with E-state index in [1.165, 1.54) is 22.7 Å². The van der Waals surface area contributed by atoms with E-state index in [9.17, 15) is 10.1 Å². The number of hydrogen-bond acceptors (Lipinski definition) is 6. The Kier molecular flexibility index (Phi) is 4.48. The van der Waals surface area contributed by atoms with Crippen LogP contribution in [-0.4, -0.2) is 15.8 Å². The molecule has 1 aromatic carbocycles. The third-order valence-corrected chi connectivity index (χ3v) is 5.15. The SMILES string of the molecule is N#CC(C(=O)CCc1cscn1)c1nc2cc(Cl)ccc2s1. The summed E-state index contributed by atoms with van der Waals surface area (Å²) in [6.45, 7) is 0. The summed E-state index contributed by atoms with van der Waals surface area (Å²) in [6, 6.07) is 7.44. The zero-order valence-corrected chi connectivity index (χ0v) is 13.7. The third kappa shape index (κ3) is 3.17. The van der Waals surface area contributed by atoms with Crippen molar-refractivity contribution in [3.63, 3.8) is 0 Å². The normalized spacial score (nSPS) is 12.2. The molecule has 0 aliphatic carbocycles. The van der Waals surface area contributed by atoms with Gasteiger partial charge in [0.2, 0.25) is 0 Å². The summed E-state index contributed by atoms with van der Waals surface area (Å²) in [5.41, 5.74) is 3.34. The minimum absolute atomic E-state index is 0.124. The first kappa shape index (κ1) is 15.1. The molecule has 1 unspecified atom stereocenters. The van der Waals surface area contributed by atoms with E-state index in [4.69, 9.17) is 11.6 Å². The molecular weight excluding hydrogens is 338 g/mol. The molecule has 0 bridgehead atoms. The molecular formula is C15H10ClN3OS2. The quantitative estimate of drug-likeness (QED) is 0.693. The molecule has 0 saturated carbocycles. The minimum Gasteiger partial charge on any atom is -0.298 e. The van der Waals surface area contributed by atoms with E-state index in [1.54, 1.807) is 17.6 Å². The number of aryl methyl sites for hydroxylation is 1. The van der Waals surface area contributed by atoms with Crippen LogP contribution in [-0.2, 0) is 11.2 Å². The summed E-state index contributed by atoms with van der Waals surface area (Å²) in [5, 5.41) is 12.4. The van der Waals surface area contributed by atoms with E-state index in [0.29, 0.717) is 22.9 Å². The van der Waals surface area contributed by atoms with Crippen molar-refractivity contribution in [2.24, 2.45) is 0 Å². The highest BCUT2D eigenvalue weighted by atomic mass is 35.5. The minimum atomic E-state index is -0.824. The van der Waals surface area contributed by atoms with Crippen molar-refractivity contribution in [1.29, 1.82) is 5.26 Å². The van der Waals surface area contributed by atoms with Gasteiger partial charge in [0.1, 0.15) is 5.01 Å². The summed E-state index contributed by atoms with van der Waals surface area (Å²) in [4.78, 5) is 20.8. The van der Waals surface area contributed by atoms with Crippen molar-refractivity contribution >= 4 is 50.3 Å². The molecule has 4 nitrogen and oxygen atoms in total. The van der Waals surface area contributed by atoms with Gasteiger partial charge < -0.3 is 0 Å². The first-order valence-corrected chi connectivity index (χ1v) is 8.66. The Morgan fingerprint density at radius 1 is 1.45 bits per heavy atom. The number of ketones is 1. The summed E-state index contributed by atoms with van der Waals surface area (Å²) < 4.78 is 0.923. The van der Waals surface area contributed by atoms with Gasteiger partial charge in [0, 0.05) is 16.8 Å². The van der Waals surface area contributed by atoms with Gasteiger partial charge in [-0.2, -0.15) is 5.26 Å². The Hall–Kier alpha value is -1.81. The number of fused-ring (bicyclic) bond motifs is 1. The van der Waals surface area contributed by atoms with E-state index in [0.717, 1.165) is 15.9 Å². The fourth-order valence-corrected chi connectivity index (χ4v) is 3.84. The number of rotatable bonds is 5. The largest absolute Gasteiger partial charge is 0.298 e. The Morgan fingerprint density at radius 3 is 3.05 bits per heavy atom. The second kappa shape index (κ2) is 6.53. The molecule has 22 heavy (non-hydrogen) atoms. The fraction of sp³-hybridized carbons (Fsp3) is 0.200. The number of nitrogens with zero attached hydrogens (tertiary/aromatic N) is 3. The summed E-state index contributed by atoms with van der Waals surface area (Å²) in [7, 11) is 0. The molecule has 2 heterocycles. The maximum atomic E-state index is 12.3. The highest BCUT2D eigenvalue weighted by Gasteiger charge is 2.23. The molecule has 0 saturated heterocycles. The van der Waals surface area contributed by atoms with Crippen molar-refractivity contribution in [3.8, 4) is 6.07 Å². The molecule has 7 heteroatoms. The molecule has 2 aromatic heterocycles. The number of hydrogen-bond donors (Lipinski definition) is 0. The molecule has 0 spiro atoms. The Balaban J connectivity index is 1.79. The van der Waals surface area contributed by atoms with Crippen molar-refractivity contribution in [3.05, 3.63) is 44.8 Å². The lowest BCUT2D eigenvalue weighted by Crippen LogP contribution is -2.11. The number of Topliss-reactive ketones (excluding diaryl/α,β-unsaturated/α-hetero) is 1. The molecule has 1 atom stereocenters. The highest BCUT2D eigenvalue weighted by Crippen LogP contribution is 2.30. The second-order valence-electron chi connectivity index (χ2n) is 4.67. The Labute approximate surface area is 140 Å². The predicted octanol–water partition coefficient (Wildman–Crippen LogP) is 4.22. The Bertz CT molecular complexity index is 851. The van der Waals surface area contributed by atoms with Crippen LogP contribution in [0.3, 0.4) is 0 Å². The molecule has 0 amide bonds. The monoisotopic (exact) mass is 347 g/mol. The number of halogens is 1. The zero-order valence-electron chi connectivity index (χ0n) is 11.3. The average Bonchev–Trinajstić information content (AvgIpc) is 3.14. The van der Waals surface area contributed by atoms with Crippen LogP contribution >= 0.6 is 34.3 Å². The van der Waals surface area contributed by atoms with Crippen LogP contribution in [0.4, 0.5) is 0 Å². The lowest BCUT2D eigenvalue weighted by molar-refractivity contribution is -0.119. The van der Waals surface area contributed by atoms with Crippen LogP contribution in [0.15, 0.2) is 29.1 Å². The van der Waals surface area contributed by atoms with E-state index >= 15 is 0 Å². The van der Waals surface area contributed by atoms with Gasteiger partial charge in [-0.25, -0.2) is 9.97 Å². The van der Waals surface area contributed by atoms with Crippen LogP contribution in [0.2, 0.25) is 5.02 Å². The van der Waals surface area contributed by atoms with E-state index in [2.05, 4.69) is 16.0 Å². The fourth-order valence-electron chi connectivity index (χ4n) is 2.06. The molecule has 110 valence electrons. The molecule has 0 aliphatic rings. The summed E-state index contributed by atoms with van der Waals surface area (Å²) in [6.07, 6.45) is 0.843. The molecule has 0 radical (unpaired) electrons. The molecule has 3 aromatic rings. The second-order valence-corrected chi connectivity index (χ2v) is 6.89. The van der Waals surface area contributed by atoms with Crippen molar-refractivity contribution < 1.29 is 4.79 Å². The molecule has 0 aliphatic heterocycles. The third-order valence-electron chi connectivity index (χ3n) is 3.18. The molecule has 0 fully saturated rings. The van der Waals surface area contributed by atoms with Gasteiger partial charge in [-0.05, 0) is 24.6 Å². The number of nitriles is 1. The lowest BCUT2D eigenvalue weighted by atomic mass is 10.0. The van der Waals surface area contributed by atoms with Gasteiger partial charge in [0.05, 0.1) is 27.5 Å². The predicted molar refractivity (Wildman–Crippen MR) is 88.4 cm³/mol. The van der Waals surface area contributed by atoms with Crippen LogP contribution in [0.25, 0.3) is 10.2 Å².